The van der Waals surface area contributed by atoms with Crippen molar-refractivity contribution >= 4 is 27.3 Å². The summed E-state index contributed by atoms with van der Waals surface area (Å²) in [5.41, 5.74) is 1.28. The second-order valence-electron chi connectivity index (χ2n) is 8.51. The molecule has 10 nitrogen and oxygen atoms in total. The summed E-state index contributed by atoms with van der Waals surface area (Å²) >= 11 is 0. The van der Waals surface area contributed by atoms with Crippen LogP contribution >= 0.6 is 0 Å². The predicted molar refractivity (Wildman–Crippen MR) is 140 cm³/mol. The zero-order chi connectivity index (χ0) is 27.2. The number of benzene rings is 3. The van der Waals surface area contributed by atoms with Gasteiger partial charge in [-0.2, -0.15) is 0 Å². The van der Waals surface area contributed by atoms with Crippen LogP contribution in [0.3, 0.4) is 0 Å². The van der Waals surface area contributed by atoms with Gasteiger partial charge in [0.05, 0.1) is 28.7 Å². The quantitative estimate of drug-likeness (QED) is 0.295. The first kappa shape index (κ1) is 27.5. The summed E-state index contributed by atoms with van der Waals surface area (Å²) in [6, 6.07) is 16.8. The average molecular weight is 528 g/mol. The number of methoxy groups -OCH3 is 1. The number of hydrogen-bond donors (Lipinski definition) is 1. The fourth-order valence-corrected chi connectivity index (χ4v) is 4.93. The Bertz CT molecular complexity index is 1360. The van der Waals surface area contributed by atoms with Crippen LogP contribution in [0, 0.1) is 24.0 Å². The number of amides is 1. The monoisotopic (exact) mass is 527 g/mol. The molecule has 1 atom stereocenters. The maximum atomic E-state index is 13.6. The molecule has 1 amide bonds. The van der Waals surface area contributed by atoms with Crippen LogP contribution in [0.2, 0.25) is 0 Å². The standard InChI is InChI=1S/C26H29N3O7S/c1-18-5-10-23(11-6-18)36-17-20(3)27-26(30)16-28(21-8-12-22(35-4)13-9-21)37(33,34)24-14-7-19(2)25(15-24)29(31)32/h5-15,20H,16-17H2,1-4H3,(H,27,30). The molecule has 0 spiro atoms. The van der Waals surface area contributed by atoms with Crippen molar-refractivity contribution in [3.05, 3.63) is 88.0 Å². The van der Waals surface area contributed by atoms with Gasteiger partial charge in [-0.25, -0.2) is 8.42 Å². The Hall–Kier alpha value is -4.12. The van der Waals surface area contributed by atoms with Crippen LogP contribution in [0.25, 0.3) is 0 Å². The van der Waals surface area contributed by atoms with Crippen LogP contribution in [0.15, 0.2) is 71.6 Å². The third-order valence-corrected chi connectivity index (χ3v) is 7.31. The van der Waals surface area contributed by atoms with E-state index in [0.29, 0.717) is 17.1 Å². The molecule has 0 saturated heterocycles. The highest BCUT2D eigenvalue weighted by atomic mass is 32.2. The van der Waals surface area contributed by atoms with E-state index in [-0.39, 0.29) is 22.9 Å². The first-order chi connectivity index (χ1) is 17.5. The van der Waals surface area contributed by atoms with Crippen molar-refractivity contribution in [3.63, 3.8) is 0 Å². The van der Waals surface area contributed by atoms with E-state index in [1.807, 2.05) is 31.2 Å². The summed E-state index contributed by atoms with van der Waals surface area (Å²) in [4.78, 5) is 23.4. The number of carbonyl (C=O) groups is 1. The number of aryl methyl sites for hydroxylation is 2. The zero-order valence-corrected chi connectivity index (χ0v) is 21.8. The smallest absolute Gasteiger partial charge is 0.273 e. The van der Waals surface area contributed by atoms with Crippen LogP contribution in [0.4, 0.5) is 11.4 Å². The third kappa shape index (κ3) is 6.98. The number of nitrogens with one attached hydrogen (secondary N) is 1. The minimum atomic E-state index is -4.34. The highest BCUT2D eigenvalue weighted by Gasteiger charge is 2.29. The first-order valence-electron chi connectivity index (χ1n) is 11.4. The first-order valence-corrected chi connectivity index (χ1v) is 12.9. The van der Waals surface area contributed by atoms with Crippen molar-refractivity contribution in [2.45, 2.75) is 31.7 Å². The minimum absolute atomic E-state index is 0.175. The van der Waals surface area contributed by atoms with Gasteiger partial charge in [0.2, 0.25) is 5.91 Å². The minimum Gasteiger partial charge on any atom is -0.497 e. The Kier molecular flexibility index (Phi) is 8.72. The van der Waals surface area contributed by atoms with E-state index in [4.69, 9.17) is 9.47 Å². The van der Waals surface area contributed by atoms with E-state index >= 15 is 0 Å². The molecule has 1 unspecified atom stereocenters. The van der Waals surface area contributed by atoms with Gasteiger partial charge in [-0.15, -0.1) is 0 Å². The van der Waals surface area contributed by atoms with Crippen LogP contribution in [0.5, 0.6) is 11.5 Å². The Balaban J connectivity index is 1.83. The summed E-state index contributed by atoms with van der Waals surface area (Å²) in [6.45, 7) is 4.84. The van der Waals surface area contributed by atoms with Crippen LogP contribution in [-0.4, -0.2) is 45.6 Å². The molecule has 0 radical (unpaired) electrons. The highest BCUT2D eigenvalue weighted by Crippen LogP contribution is 2.29. The fraction of sp³-hybridized carbons (Fsp3) is 0.269. The molecule has 0 aliphatic carbocycles. The summed E-state index contributed by atoms with van der Waals surface area (Å²) < 4.78 is 38.9. The molecule has 0 aliphatic heterocycles. The number of nitro benzene ring substituents is 1. The number of sulfonamides is 1. The van der Waals surface area contributed by atoms with Gasteiger partial charge in [0, 0.05) is 11.6 Å². The molecule has 37 heavy (non-hydrogen) atoms. The molecule has 0 fully saturated rings. The number of anilines is 1. The van der Waals surface area contributed by atoms with Crippen molar-refractivity contribution in [2.75, 3.05) is 24.6 Å². The molecule has 0 aliphatic rings. The molecule has 0 aromatic heterocycles. The summed E-state index contributed by atoms with van der Waals surface area (Å²) in [5.74, 6) is 0.578. The van der Waals surface area contributed by atoms with Crippen LogP contribution in [-0.2, 0) is 14.8 Å². The molecule has 1 N–H and O–H groups in total. The van der Waals surface area contributed by atoms with Crippen molar-refractivity contribution in [3.8, 4) is 11.5 Å². The number of carbonyl (C=O) groups excluding carboxylic acids is 1. The molecular formula is C26H29N3O7S. The summed E-state index contributed by atoms with van der Waals surface area (Å²) in [6.07, 6.45) is 0. The number of ether oxygens (including phenoxy) is 2. The Labute approximate surface area is 216 Å². The second-order valence-corrected chi connectivity index (χ2v) is 10.4. The van der Waals surface area contributed by atoms with Crippen molar-refractivity contribution < 1.29 is 27.6 Å². The third-order valence-electron chi connectivity index (χ3n) is 5.54. The lowest BCUT2D eigenvalue weighted by Crippen LogP contribution is -2.45. The summed E-state index contributed by atoms with van der Waals surface area (Å²) in [7, 11) is -2.87. The Morgan fingerprint density at radius 3 is 2.24 bits per heavy atom. The lowest BCUT2D eigenvalue weighted by molar-refractivity contribution is -0.385. The van der Waals surface area contributed by atoms with Gasteiger partial charge in [0.15, 0.2) is 0 Å². The van der Waals surface area contributed by atoms with Gasteiger partial charge in [0.1, 0.15) is 24.7 Å². The SMILES string of the molecule is COc1ccc(N(CC(=O)NC(C)COc2ccc(C)cc2)S(=O)(=O)c2ccc(C)c([N+](=O)[O-])c2)cc1. The maximum Gasteiger partial charge on any atom is 0.273 e. The van der Waals surface area contributed by atoms with E-state index in [9.17, 15) is 23.3 Å². The van der Waals surface area contributed by atoms with Gasteiger partial charge in [-0.3, -0.25) is 19.2 Å². The predicted octanol–water partition coefficient (Wildman–Crippen LogP) is 4.00. The van der Waals surface area contributed by atoms with Crippen LogP contribution < -0.4 is 19.1 Å². The second kappa shape index (κ2) is 11.7. The molecule has 0 saturated carbocycles. The fourth-order valence-electron chi connectivity index (χ4n) is 3.49. The van der Waals surface area contributed by atoms with Crippen molar-refractivity contribution in [2.24, 2.45) is 0 Å². The molecule has 3 aromatic carbocycles. The molecular weight excluding hydrogens is 498 g/mol. The van der Waals surface area contributed by atoms with Crippen molar-refractivity contribution in [1.29, 1.82) is 0 Å². The van der Waals surface area contributed by atoms with Gasteiger partial charge < -0.3 is 14.8 Å². The Morgan fingerprint density at radius 2 is 1.65 bits per heavy atom. The number of rotatable bonds is 11. The number of hydrogen-bond acceptors (Lipinski definition) is 7. The van der Waals surface area contributed by atoms with Gasteiger partial charge in [0.25, 0.3) is 15.7 Å². The van der Waals surface area contributed by atoms with E-state index in [2.05, 4.69) is 5.32 Å². The van der Waals surface area contributed by atoms with Gasteiger partial charge in [-0.05, 0) is 63.2 Å². The topological polar surface area (TPSA) is 128 Å². The van der Waals surface area contributed by atoms with Gasteiger partial charge in [-0.1, -0.05) is 23.8 Å². The van der Waals surface area contributed by atoms with E-state index in [0.717, 1.165) is 15.9 Å². The molecule has 0 bridgehead atoms. The maximum absolute atomic E-state index is 13.6. The lowest BCUT2D eigenvalue weighted by atomic mass is 10.2. The molecule has 3 rings (SSSR count). The van der Waals surface area contributed by atoms with E-state index in [1.54, 1.807) is 19.1 Å². The number of nitro groups is 1. The zero-order valence-electron chi connectivity index (χ0n) is 21.0. The largest absolute Gasteiger partial charge is 0.497 e. The van der Waals surface area contributed by atoms with Gasteiger partial charge >= 0.3 is 0 Å². The molecule has 3 aromatic rings. The van der Waals surface area contributed by atoms with Crippen molar-refractivity contribution in [1.82, 2.24) is 5.32 Å². The molecule has 0 heterocycles. The Morgan fingerprint density at radius 1 is 1.03 bits per heavy atom. The lowest BCUT2D eigenvalue weighted by Gasteiger charge is -2.25. The van der Waals surface area contributed by atoms with E-state index in [1.165, 1.54) is 38.3 Å². The normalized spacial score (nSPS) is 11.9. The molecule has 11 heteroatoms. The highest BCUT2D eigenvalue weighted by molar-refractivity contribution is 7.92. The summed E-state index contributed by atoms with van der Waals surface area (Å²) in [5, 5.41) is 14.1. The molecule has 196 valence electrons. The van der Waals surface area contributed by atoms with E-state index < -0.39 is 33.4 Å². The number of nitrogens with zero attached hydrogens (tertiary/aromatic N) is 2. The average Bonchev–Trinajstić information content (AvgIpc) is 2.87. The van der Waals surface area contributed by atoms with Crippen LogP contribution in [0.1, 0.15) is 18.1 Å².